The van der Waals surface area contributed by atoms with Gasteiger partial charge in [-0.05, 0) is 65.6 Å². The third-order valence-electron chi connectivity index (χ3n) is 4.32. The number of rotatable bonds is 5. The molecule has 1 N–H and O–H groups in total. The van der Waals surface area contributed by atoms with E-state index in [1.807, 2.05) is 36.4 Å². The minimum absolute atomic E-state index is 0.166. The molecule has 1 amide bonds. The summed E-state index contributed by atoms with van der Waals surface area (Å²) < 4.78 is 6.87. The molecule has 24 heavy (non-hydrogen) atoms. The molecule has 0 bridgehead atoms. The molecule has 0 radical (unpaired) electrons. The van der Waals surface area contributed by atoms with E-state index in [0.29, 0.717) is 29.7 Å². The van der Waals surface area contributed by atoms with Gasteiger partial charge in [0.05, 0.1) is 12.2 Å². The molecule has 1 aliphatic carbocycles. The van der Waals surface area contributed by atoms with E-state index in [2.05, 4.69) is 32.9 Å². The summed E-state index contributed by atoms with van der Waals surface area (Å²) in [6, 6.07) is 11.2. The topological polar surface area (TPSA) is 51.2 Å². The number of hydrogen-bond acceptors (Lipinski definition) is 3. The Kier molecular flexibility index (Phi) is 6.07. The average molecular weight is 436 g/mol. The van der Waals surface area contributed by atoms with E-state index in [1.54, 1.807) is 6.20 Å². The standard InChI is InChI=1S/C19H21IN2O2/c20-16-10-5-4-9-15(16)19(23)22-18-17(11-6-12-21-18)24-13-14-7-2-1-3-8-14/h4-6,9-12,14H,1-3,7-8,13H2,(H,21,22,23). The van der Waals surface area contributed by atoms with Crippen LogP contribution < -0.4 is 10.1 Å². The smallest absolute Gasteiger partial charge is 0.257 e. The van der Waals surface area contributed by atoms with E-state index >= 15 is 0 Å². The Hall–Kier alpha value is -1.63. The van der Waals surface area contributed by atoms with E-state index in [-0.39, 0.29) is 5.91 Å². The summed E-state index contributed by atoms with van der Waals surface area (Å²) in [5.41, 5.74) is 0.641. The van der Waals surface area contributed by atoms with Gasteiger partial charge in [0.15, 0.2) is 11.6 Å². The second-order valence-corrected chi connectivity index (χ2v) is 7.26. The number of nitrogens with one attached hydrogen (secondary N) is 1. The van der Waals surface area contributed by atoms with Gasteiger partial charge in [0.25, 0.3) is 5.91 Å². The van der Waals surface area contributed by atoms with Crippen molar-refractivity contribution in [2.75, 3.05) is 11.9 Å². The quantitative estimate of drug-likeness (QED) is 0.679. The van der Waals surface area contributed by atoms with Crippen LogP contribution in [0.1, 0.15) is 42.5 Å². The molecule has 0 atom stereocenters. The number of amides is 1. The molecule has 0 unspecified atom stereocenters. The maximum atomic E-state index is 12.5. The van der Waals surface area contributed by atoms with Crippen LogP contribution >= 0.6 is 22.6 Å². The fraction of sp³-hybridized carbons (Fsp3) is 0.368. The molecule has 4 nitrogen and oxygen atoms in total. The first-order valence-corrected chi connectivity index (χ1v) is 9.45. The fourth-order valence-electron chi connectivity index (χ4n) is 2.98. The molecular formula is C19H21IN2O2. The molecule has 1 aliphatic rings. The highest BCUT2D eigenvalue weighted by Crippen LogP contribution is 2.27. The van der Waals surface area contributed by atoms with Gasteiger partial charge in [0.2, 0.25) is 0 Å². The number of ether oxygens (including phenoxy) is 1. The summed E-state index contributed by atoms with van der Waals surface area (Å²) in [7, 11) is 0. The van der Waals surface area contributed by atoms with Crippen molar-refractivity contribution in [1.82, 2.24) is 4.98 Å². The Morgan fingerprint density at radius 2 is 1.96 bits per heavy atom. The molecule has 2 aromatic rings. The first-order chi connectivity index (χ1) is 11.7. The van der Waals surface area contributed by atoms with Crippen LogP contribution in [-0.2, 0) is 0 Å². The number of carbonyl (C=O) groups is 1. The zero-order valence-corrected chi connectivity index (χ0v) is 15.7. The number of carbonyl (C=O) groups excluding carboxylic acids is 1. The molecule has 3 rings (SSSR count). The van der Waals surface area contributed by atoms with Crippen LogP contribution in [0.5, 0.6) is 5.75 Å². The van der Waals surface area contributed by atoms with Crippen LogP contribution in [0.3, 0.4) is 0 Å². The molecule has 1 saturated carbocycles. The third kappa shape index (κ3) is 4.47. The summed E-state index contributed by atoms with van der Waals surface area (Å²) in [4.78, 5) is 16.8. The van der Waals surface area contributed by atoms with E-state index < -0.39 is 0 Å². The average Bonchev–Trinajstić information content (AvgIpc) is 2.62. The molecule has 0 aliphatic heterocycles. The van der Waals surface area contributed by atoms with Crippen molar-refractivity contribution in [3.8, 4) is 5.75 Å². The van der Waals surface area contributed by atoms with Crippen LogP contribution in [0.15, 0.2) is 42.6 Å². The van der Waals surface area contributed by atoms with E-state index in [4.69, 9.17) is 4.74 Å². The van der Waals surface area contributed by atoms with Crippen LogP contribution in [0, 0.1) is 9.49 Å². The lowest BCUT2D eigenvalue weighted by Gasteiger charge is -2.22. The largest absolute Gasteiger partial charge is 0.489 e. The highest BCUT2D eigenvalue weighted by Gasteiger charge is 2.17. The van der Waals surface area contributed by atoms with Gasteiger partial charge in [0, 0.05) is 9.77 Å². The lowest BCUT2D eigenvalue weighted by atomic mass is 9.90. The number of halogens is 1. The minimum atomic E-state index is -0.166. The molecule has 1 aromatic heterocycles. The highest BCUT2D eigenvalue weighted by atomic mass is 127. The number of hydrogen-bond donors (Lipinski definition) is 1. The summed E-state index contributed by atoms with van der Waals surface area (Å²) in [5.74, 6) is 1.57. The zero-order valence-electron chi connectivity index (χ0n) is 13.5. The predicted octanol–water partition coefficient (Wildman–Crippen LogP) is 4.90. The summed E-state index contributed by atoms with van der Waals surface area (Å²) in [6.07, 6.45) is 8.03. The predicted molar refractivity (Wildman–Crippen MR) is 103 cm³/mol. The van der Waals surface area contributed by atoms with E-state index in [9.17, 15) is 4.79 Å². The fourth-order valence-corrected chi connectivity index (χ4v) is 3.61. The van der Waals surface area contributed by atoms with Gasteiger partial charge >= 0.3 is 0 Å². The number of anilines is 1. The van der Waals surface area contributed by atoms with Gasteiger partial charge in [-0.1, -0.05) is 31.4 Å². The molecule has 1 fully saturated rings. The Labute approximate surface area is 156 Å². The number of pyridine rings is 1. The first kappa shape index (κ1) is 17.2. The third-order valence-corrected chi connectivity index (χ3v) is 5.26. The van der Waals surface area contributed by atoms with Crippen LogP contribution in [0.2, 0.25) is 0 Å². The summed E-state index contributed by atoms with van der Waals surface area (Å²) >= 11 is 2.16. The SMILES string of the molecule is O=C(Nc1ncccc1OCC1CCCCC1)c1ccccc1I. The van der Waals surface area contributed by atoms with Crippen molar-refractivity contribution in [3.05, 3.63) is 51.7 Å². The molecule has 0 spiro atoms. The highest BCUT2D eigenvalue weighted by molar-refractivity contribution is 14.1. The second kappa shape index (κ2) is 8.46. The Morgan fingerprint density at radius 1 is 1.17 bits per heavy atom. The maximum Gasteiger partial charge on any atom is 0.257 e. The Balaban J connectivity index is 1.67. The van der Waals surface area contributed by atoms with Crippen LogP contribution in [-0.4, -0.2) is 17.5 Å². The Bertz CT molecular complexity index is 699. The van der Waals surface area contributed by atoms with Gasteiger partial charge in [-0.25, -0.2) is 4.98 Å². The molecule has 1 aromatic carbocycles. The summed E-state index contributed by atoms with van der Waals surface area (Å²) in [5, 5.41) is 2.88. The van der Waals surface area contributed by atoms with E-state index in [1.165, 1.54) is 32.1 Å². The van der Waals surface area contributed by atoms with Crippen molar-refractivity contribution in [2.24, 2.45) is 5.92 Å². The summed E-state index contributed by atoms with van der Waals surface area (Å²) in [6.45, 7) is 0.692. The van der Waals surface area contributed by atoms with Crippen LogP contribution in [0.4, 0.5) is 5.82 Å². The monoisotopic (exact) mass is 436 g/mol. The van der Waals surface area contributed by atoms with Gasteiger partial charge in [0.1, 0.15) is 0 Å². The van der Waals surface area contributed by atoms with Gasteiger partial charge < -0.3 is 10.1 Å². The van der Waals surface area contributed by atoms with E-state index in [0.717, 1.165) is 3.57 Å². The Morgan fingerprint density at radius 3 is 2.75 bits per heavy atom. The van der Waals surface area contributed by atoms with Gasteiger partial charge in [-0.2, -0.15) is 0 Å². The first-order valence-electron chi connectivity index (χ1n) is 8.38. The normalized spacial score (nSPS) is 15.0. The van der Waals surface area contributed by atoms with Crippen molar-refractivity contribution < 1.29 is 9.53 Å². The van der Waals surface area contributed by atoms with Gasteiger partial charge in [-0.15, -0.1) is 0 Å². The number of aromatic nitrogens is 1. The second-order valence-electron chi connectivity index (χ2n) is 6.10. The minimum Gasteiger partial charge on any atom is -0.489 e. The zero-order chi connectivity index (χ0) is 16.8. The maximum absolute atomic E-state index is 12.5. The molecule has 0 saturated heterocycles. The molecular weight excluding hydrogens is 415 g/mol. The van der Waals surface area contributed by atoms with Crippen molar-refractivity contribution in [1.29, 1.82) is 0 Å². The van der Waals surface area contributed by atoms with Crippen molar-refractivity contribution >= 4 is 34.3 Å². The van der Waals surface area contributed by atoms with Crippen LogP contribution in [0.25, 0.3) is 0 Å². The lowest BCUT2D eigenvalue weighted by Crippen LogP contribution is -2.18. The van der Waals surface area contributed by atoms with Crippen molar-refractivity contribution in [2.45, 2.75) is 32.1 Å². The van der Waals surface area contributed by atoms with Gasteiger partial charge in [-0.3, -0.25) is 4.79 Å². The molecule has 1 heterocycles. The number of benzene rings is 1. The lowest BCUT2D eigenvalue weighted by molar-refractivity contribution is 0.102. The molecule has 126 valence electrons. The van der Waals surface area contributed by atoms with Crippen molar-refractivity contribution in [3.63, 3.8) is 0 Å². The number of nitrogens with zero attached hydrogens (tertiary/aromatic N) is 1. The molecule has 5 heteroatoms.